The topological polar surface area (TPSA) is 27.2 Å². The number of benzene rings is 8. The van der Waals surface area contributed by atoms with Gasteiger partial charge in [-0.15, -0.1) is 0 Å². The minimum Gasteiger partial charge on any atom is -0.307 e. The number of imidazole rings is 2. The number of hydrogen-bond acceptors (Lipinski definition) is 1. The van der Waals surface area contributed by atoms with Gasteiger partial charge in [0.25, 0.3) is 0 Å². The number of hydrogen-bond donors (Lipinski definition) is 0. The Labute approximate surface area is 313 Å². The molecular formula is C49H34N4Si. The Kier molecular flexibility index (Phi) is 6.84. The van der Waals surface area contributed by atoms with E-state index >= 15 is 0 Å². The lowest BCUT2D eigenvalue weighted by molar-refractivity contribution is 1.11. The van der Waals surface area contributed by atoms with E-state index in [0.29, 0.717) is 0 Å². The summed E-state index contributed by atoms with van der Waals surface area (Å²) in [7, 11) is -2.75. The second kappa shape index (κ2) is 12.1. The van der Waals surface area contributed by atoms with Crippen molar-refractivity contribution in [2.24, 2.45) is 0 Å². The van der Waals surface area contributed by atoms with E-state index in [2.05, 4.69) is 220 Å². The van der Waals surface area contributed by atoms with Crippen molar-refractivity contribution in [1.82, 2.24) is 18.5 Å². The van der Waals surface area contributed by atoms with Gasteiger partial charge in [-0.25, -0.2) is 4.98 Å². The molecule has 0 atom stereocenters. The van der Waals surface area contributed by atoms with Crippen molar-refractivity contribution in [2.75, 3.05) is 0 Å². The molecule has 11 rings (SSSR count). The molecule has 0 N–H and O–H groups in total. The average Bonchev–Trinajstić information content (AvgIpc) is 3.90. The van der Waals surface area contributed by atoms with Crippen molar-refractivity contribution in [3.63, 3.8) is 0 Å². The molecule has 0 unspecified atom stereocenters. The Morgan fingerprint density at radius 2 is 0.870 bits per heavy atom. The lowest BCUT2D eigenvalue weighted by Gasteiger charge is -2.34. The van der Waals surface area contributed by atoms with Gasteiger partial charge in [0.1, 0.15) is 5.52 Å². The third-order valence-corrected chi connectivity index (χ3v) is 16.0. The lowest BCUT2D eigenvalue weighted by atomic mass is 10.1. The molecule has 254 valence electrons. The van der Waals surface area contributed by atoms with Gasteiger partial charge in [-0.05, 0) is 75.3 Å². The molecule has 0 radical (unpaired) electrons. The molecule has 3 heterocycles. The molecule has 0 saturated heterocycles. The van der Waals surface area contributed by atoms with Crippen LogP contribution in [0.3, 0.4) is 0 Å². The summed E-state index contributed by atoms with van der Waals surface area (Å²) >= 11 is 0. The number of para-hydroxylation sites is 4. The first-order valence-electron chi connectivity index (χ1n) is 18.5. The molecule has 3 aromatic heterocycles. The molecule has 4 nitrogen and oxygen atoms in total. The number of fused-ring (bicyclic) bond motifs is 9. The summed E-state index contributed by atoms with van der Waals surface area (Å²) < 4.78 is 7.09. The smallest absolute Gasteiger partial charge is 0.220 e. The van der Waals surface area contributed by atoms with Gasteiger partial charge in [0.15, 0.2) is 8.07 Å². The zero-order valence-electron chi connectivity index (χ0n) is 29.4. The van der Waals surface area contributed by atoms with Crippen molar-refractivity contribution in [3.05, 3.63) is 206 Å². The van der Waals surface area contributed by atoms with Gasteiger partial charge in [-0.3, -0.25) is 8.97 Å². The van der Waals surface area contributed by atoms with Gasteiger partial charge in [-0.1, -0.05) is 152 Å². The molecule has 0 fully saturated rings. The van der Waals surface area contributed by atoms with Crippen LogP contribution in [0.2, 0.25) is 0 Å². The lowest BCUT2D eigenvalue weighted by Crippen LogP contribution is -2.74. The zero-order valence-corrected chi connectivity index (χ0v) is 30.4. The van der Waals surface area contributed by atoms with Crippen LogP contribution < -0.4 is 20.7 Å². The first-order chi connectivity index (χ1) is 26.8. The molecule has 0 amide bonds. The fourth-order valence-electron chi connectivity index (χ4n) is 8.96. The predicted molar refractivity (Wildman–Crippen MR) is 227 cm³/mol. The molecule has 5 heteroatoms. The van der Waals surface area contributed by atoms with Crippen LogP contribution in [0.15, 0.2) is 206 Å². The van der Waals surface area contributed by atoms with E-state index < -0.39 is 8.07 Å². The molecule has 0 saturated carbocycles. The normalized spacial score (nSPS) is 12.1. The summed E-state index contributed by atoms with van der Waals surface area (Å²) in [6.45, 7) is 0. The van der Waals surface area contributed by atoms with E-state index in [4.69, 9.17) is 4.98 Å². The third-order valence-electron chi connectivity index (χ3n) is 11.2. The highest BCUT2D eigenvalue weighted by Crippen LogP contribution is 2.38. The highest BCUT2D eigenvalue weighted by molar-refractivity contribution is 7.19. The Bertz CT molecular complexity index is 3050. The van der Waals surface area contributed by atoms with Crippen molar-refractivity contribution in [3.8, 4) is 11.4 Å². The standard InChI is InChI=1S/C49H34N4Si/c1-5-18-35(19-6-1)51-43-29-14-13-28-41(43)42-32-33-46-47(48(42)51)50-49-52(44-30-15-16-31-45(44)53(46)49)36-20-17-27-40(34-36)54(37-21-7-2-8-22-37,38-23-9-3-10-24-38)39-25-11-4-12-26-39/h1-34H. The maximum atomic E-state index is 5.62. The van der Waals surface area contributed by atoms with E-state index in [-0.39, 0.29) is 0 Å². The molecule has 8 aromatic carbocycles. The molecule has 0 aliphatic carbocycles. The quantitative estimate of drug-likeness (QED) is 0.125. The fourth-order valence-corrected chi connectivity index (χ4v) is 13.7. The van der Waals surface area contributed by atoms with Crippen LogP contribution in [0.5, 0.6) is 0 Å². The number of nitrogens with zero attached hydrogens (tertiary/aromatic N) is 4. The zero-order chi connectivity index (χ0) is 35.6. The fraction of sp³-hybridized carbons (Fsp3) is 0. The van der Waals surface area contributed by atoms with E-state index in [9.17, 15) is 0 Å². The molecule has 0 bridgehead atoms. The monoisotopic (exact) mass is 706 g/mol. The third kappa shape index (κ3) is 4.33. The molecular weight excluding hydrogens is 673 g/mol. The van der Waals surface area contributed by atoms with Crippen molar-refractivity contribution in [1.29, 1.82) is 0 Å². The first-order valence-corrected chi connectivity index (χ1v) is 20.5. The minimum absolute atomic E-state index is 0.895. The summed E-state index contributed by atoms with van der Waals surface area (Å²) in [6, 6.07) is 75.2. The second-order valence-electron chi connectivity index (χ2n) is 14.0. The summed E-state index contributed by atoms with van der Waals surface area (Å²) in [6.07, 6.45) is 0. The second-order valence-corrected chi connectivity index (χ2v) is 17.8. The Hall–Kier alpha value is -6.95. The van der Waals surface area contributed by atoms with Gasteiger partial charge in [0.2, 0.25) is 5.78 Å². The maximum Gasteiger partial charge on any atom is 0.220 e. The van der Waals surface area contributed by atoms with E-state index in [1.807, 2.05) is 0 Å². The summed E-state index contributed by atoms with van der Waals surface area (Å²) in [4.78, 5) is 5.62. The van der Waals surface area contributed by atoms with Crippen LogP contribution in [0.4, 0.5) is 0 Å². The highest BCUT2D eigenvalue weighted by atomic mass is 28.3. The van der Waals surface area contributed by atoms with Crippen LogP contribution in [0.1, 0.15) is 0 Å². The van der Waals surface area contributed by atoms with Crippen molar-refractivity contribution < 1.29 is 0 Å². The van der Waals surface area contributed by atoms with E-state index in [1.54, 1.807) is 0 Å². The predicted octanol–water partition coefficient (Wildman–Crippen LogP) is 8.91. The SMILES string of the molecule is c1ccc(-n2c3ccccc3c3ccc4c(nc5n(-c6cccc([Si](c7ccccc7)(c7ccccc7)c7ccccc7)c6)c6ccccc6n45)c32)cc1. The van der Waals surface area contributed by atoms with Gasteiger partial charge >= 0.3 is 0 Å². The highest BCUT2D eigenvalue weighted by Gasteiger charge is 2.41. The maximum absolute atomic E-state index is 5.62. The number of aromatic nitrogens is 4. The minimum atomic E-state index is -2.75. The Morgan fingerprint density at radius 3 is 1.52 bits per heavy atom. The first kappa shape index (κ1) is 30.7. The molecule has 0 spiro atoms. The van der Waals surface area contributed by atoms with Gasteiger partial charge < -0.3 is 4.57 Å². The molecule has 0 aliphatic rings. The van der Waals surface area contributed by atoms with E-state index in [1.165, 1.54) is 37.0 Å². The van der Waals surface area contributed by atoms with E-state index in [0.717, 1.165) is 44.7 Å². The molecule has 54 heavy (non-hydrogen) atoms. The van der Waals surface area contributed by atoms with Crippen LogP contribution >= 0.6 is 0 Å². The van der Waals surface area contributed by atoms with Gasteiger partial charge in [-0.2, -0.15) is 0 Å². The van der Waals surface area contributed by atoms with Crippen LogP contribution in [0.25, 0.3) is 61.0 Å². The van der Waals surface area contributed by atoms with Crippen molar-refractivity contribution >= 4 is 78.5 Å². The average molecular weight is 707 g/mol. The van der Waals surface area contributed by atoms with Crippen LogP contribution in [-0.4, -0.2) is 26.6 Å². The summed E-state index contributed by atoms with van der Waals surface area (Å²) in [5.41, 5.74) is 8.83. The van der Waals surface area contributed by atoms with Crippen molar-refractivity contribution in [2.45, 2.75) is 0 Å². The van der Waals surface area contributed by atoms with Gasteiger partial charge in [0.05, 0.1) is 27.6 Å². The van der Waals surface area contributed by atoms with Crippen LogP contribution in [0, 0.1) is 0 Å². The Morgan fingerprint density at radius 1 is 0.352 bits per heavy atom. The van der Waals surface area contributed by atoms with Crippen LogP contribution in [-0.2, 0) is 0 Å². The summed E-state index contributed by atoms with van der Waals surface area (Å²) in [5.74, 6) is 0.895. The molecule has 11 aromatic rings. The Balaban J connectivity index is 1.24. The molecule has 0 aliphatic heterocycles. The number of rotatable bonds is 6. The summed E-state index contributed by atoms with van der Waals surface area (Å²) in [5, 5.41) is 7.80. The largest absolute Gasteiger partial charge is 0.307 e. The van der Waals surface area contributed by atoms with Gasteiger partial charge in [0, 0.05) is 22.1 Å².